The minimum atomic E-state index is -1.82. The Morgan fingerprint density at radius 2 is 2.33 bits per heavy atom. The Balaban J connectivity index is 2.39. The van der Waals surface area contributed by atoms with Crippen molar-refractivity contribution in [3.8, 4) is 0 Å². The van der Waals surface area contributed by atoms with E-state index in [0.29, 0.717) is 5.56 Å². The van der Waals surface area contributed by atoms with Crippen LogP contribution in [0.5, 0.6) is 0 Å². The van der Waals surface area contributed by atoms with Gasteiger partial charge < -0.3 is 20.7 Å². The normalized spacial score (nSPS) is 31.8. The van der Waals surface area contributed by atoms with E-state index in [1.807, 2.05) is 0 Å². The Kier molecular flexibility index (Phi) is 3.33. The van der Waals surface area contributed by atoms with Crippen molar-refractivity contribution in [2.45, 2.75) is 31.5 Å². The second-order valence-electron chi connectivity index (χ2n) is 4.18. The molecule has 2 rings (SSSR count). The molecule has 1 aliphatic heterocycles. The highest BCUT2D eigenvalue weighted by Crippen LogP contribution is 2.30. The molecule has 4 atom stereocenters. The smallest absolute Gasteiger partial charge is 0.351 e. The predicted octanol–water partition coefficient (Wildman–Crippen LogP) is -1.28. The molecule has 0 aromatic carbocycles. The molecular formula is C10H14FN3O4. The minimum Gasteiger partial charge on any atom is -0.394 e. The number of anilines is 1. The van der Waals surface area contributed by atoms with E-state index >= 15 is 0 Å². The molecule has 0 spiro atoms. The van der Waals surface area contributed by atoms with E-state index in [-0.39, 0.29) is 5.82 Å². The van der Waals surface area contributed by atoms with Crippen LogP contribution in [0, 0.1) is 6.92 Å². The summed E-state index contributed by atoms with van der Waals surface area (Å²) in [6, 6.07) is 0. The molecule has 0 saturated carbocycles. The molecule has 1 aromatic heterocycles. The van der Waals surface area contributed by atoms with Gasteiger partial charge in [0.25, 0.3) is 0 Å². The summed E-state index contributed by atoms with van der Waals surface area (Å²) < 4.78 is 19.8. The van der Waals surface area contributed by atoms with Gasteiger partial charge in [-0.2, -0.15) is 4.98 Å². The number of nitrogens with zero attached hydrogens (tertiary/aromatic N) is 2. The topological polar surface area (TPSA) is 111 Å². The van der Waals surface area contributed by atoms with Crippen molar-refractivity contribution >= 4 is 5.82 Å². The van der Waals surface area contributed by atoms with Gasteiger partial charge in [-0.3, -0.25) is 4.57 Å². The zero-order valence-electron chi connectivity index (χ0n) is 9.65. The molecule has 0 unspecified atom stereocenters. The molecule has 2 heterocycles. The van der Waals surface area contributed by atoms with Crippen LogP contribution in [0.25, 0.3) is 0 Å². The van der Waals surface area contributed by atoms with Gasteiger partial charge in [0, 0.05) is 11.8 Å². The molecule has 1 saturated heterocycles. The molecule has 18 heavy (non-hydrogen) atoms. The summed E-state index contributed by atoms with van der Waals surface area (Å²) in [7, 11) is 0. The van der Waals surface area contributed by atoms with E-state index in [1.165, 1.54) is 6.20 Å². The first-order valence-corrected chi connectivity index (χ1v) is 5.39. The average molecular weight is 259 g/mol. The fraction of sp³-hybridized carbons (Fsp3) is 0.600. The number of aliphatic hydroxyl groups excluding tert-OH is 2. The van der Waals surface area contributed by atoms with Crippen LogP contribution < -0.4 is 11.4 Å². The van der Waals surface area contributed by atoms with E-state index in [0.717, 1.165) is 4.57 Å². The van der Waals surface area contributed by atoms with Crippen molar-refractivity contribution in [1.29, 1.82) is 0 Å². The lowest BCUT2D eigenvalue weighted by atomic mass is 10.1. The predicted molar refractivity (Wildman–Crippen MR) is 59.5 cm³/mol. The first kappa shape index (κ1) is 12.9. The number of ether oxygens (including phenoxy) is 1. The molecule has 0 amide bonds. The molecule has 1 fully saturated rings. The number of nitrogen functional groups attached to an aromatic ring is 1. The largest absolute Gasteiger partial charge is 0.394 e. The Morgan fingerprint density at radius 3 is 2.89 bits per heavy atom. The third-order valence-electron chi connectivity index (χ3n) is 2.92. The molecule has 0 aliphatic carbocycles. The summed E-state index contributed by atoms with van der Waals surface area (Å²) in [5.41, 5.74) is 5.18. The second-order valence-corrected chi connectivity index (χ2v) is 4.18. The van der Waals surface area contributed by atoms with E-state index in [2.05, 4.69) is 4.98 Å². The van der Waals surface area contributed by atoms with Gasteiger partial charge in [0.2, 0.25) is 0 Å². The van der Waals surface area contributed by atoms with Crippen molar-refractivity contribution in [3.05, 3.63) is 22.2 Å². The van der Waals surface area contributed by atoms with Crippen molar-refractivity contribution < 1.29 is 19.3 Å². The molecule has 1 aromatic rings. The average Bonchev–Trinajstić information content (AvgIpc) is 2.61. The first-order chi connectivity index (χ1) is 8.45. The number of halogens is 1. The van der Waals surface area contributed by atoms with Gasteiger partial charge in [-0.25, -0.2) is 9.18 Å². The van der Waals surface area contributed by atoms with E-state index < -0.39 is 36.9 Å². The summed E-state index contributed by atoms with van der Waals surface area (Å²) in [5.74, 6) is 0.0592. The summed E-state index contributed by atoms with van der Waals surface area (Å²) >= 11 is 0. The number of rotatable bonds is 2. The number of aryl methyl sites for hydroxylation is 1. The lowest BCUT2D eigenvalue weighted by Gasteiger charge is -2.16. The standard InChI is InChI=1S/C10H14FN3O4/c1-4-2-14(10(17)13-8(4)12)9-6(11)7(16)5(3-15)18-9/h2,5-7,9,15-16H,3H2,1H3,(H2,12,13,17)/t5-,6+,7-,9-/m0/s1. The maximum atomic E-state index is 13.8. The fourth-order valence-electron chi connectivity index (χ4n) is 1.84. The van der Waals surface area contributed by atoms with Gasteiger partial charge in [0.05, 0.1) is 6.61 Å². The van der Waals surface area contributed by atoms with Gasteiger partial charge in [-0.15, -0.1) is 0 Å². The van der Waals surface area contributed by atoms with Crippen molar-refractivity contribution in [2.24, 2.45) is 0 Å². The number of nitrogens with two attached hydrogens (primary N) is 1. The summed E-state index contributed by atoms with van der Waals surface area (Å²) in [6.45, 7) is 1.08. The number of hydrogen-bond acceptors (Lipinski definition) is 6. The lowest BCUT2D eigenvalue weighted by Crippen LogP contribution is -2.34. The van der Waals surface area contributed by atoms with Crippen LogP contribution in [-0.2, 0) is 4.74 Å². The van der Waals surface area contributed by atoms with E-state index in [4.69, 9.17) is 15.6 Å². The van der Waals surface area contributed by atoms with Crippen LogP contribution in [0.1, 0.15) is 11.8 Å². The van der Waals surface area contributed by atoms with Gasteiger partial charge in [0.15, 0.2) is 12.4 Å². The molecule has 4 N–H and O–H groups in total. The Hall–Kier alpha value is -1.51. The Bertz CT molecular complexity index is 506. The van der Waals surface area contributed by atoms with E-state index in [9.17, 15) is 14.3 Å². The first-order valence-electron chi connectivity index (χ1n) is 5.39. The molecule has 0 radical (unpaired) electrons. The zero-order chi connectivity index (χ0) is 13.4. The molecule has 8 heteroatoms. The van der Waals surface area contributed by atoms with Crippen LogP contribution in [0.4, 0.5) is 10.2 Å². The van der Waals surface area contributed by atoms with Crippen LogP contribution in [0.2, 0.25) is 0 Å². The third kappa shape index (κ3) is 1.98. The van der Waals surface area contributed by atoms with Gasteiger partial charge in [0.1, 0.15) is 18.0 Å². The van der Waals surface area contributed by atoms with Crippen LogP contribution in [0.15, 0.2) is 11.0 Å². The fourth-order valence-corrected chi connectivity index (χ4v) is 1.84. The minimum absolute atomic E-state index is 0.0592. The molecule has 1 aliphatic rings. The maximum absolute atomic E-state index is 13.8. The van der Waals surface area contributed by atoms with Crippen molar-refractivity contribution in [3.63, 3.8) is 0 Å². The SMILES string of the molecule is Cc1cn([C@H]2O[C@@H](CO)[C@H](O)[C@H]2F)c(=O)nc1N. The lowest BCUT2D eigenvalue weighted by molar-refractivity contribution is -0.0491. The van der Waals surface area contributed by atoms with Crippen LogP contribution in [0.3, 0.4) is 0 Å². The number of hydrogen-bond donors (Lipinski definition) is 3. The van der Waals surface area contributed by atoms with Gasteiger partial charge in [-0.1, -0.05) is 0 Å². The van der Waals surface area contributed by atoms with Crippen LogP contribution >= 0.6 is 0 Å². The summed E-state index contributed by atoms with van der Waals surface area (Å²) in [5, 5.41) is 18.4. The molecule has 0 bridgehead atoms. The monoisotopic (exact) mass is 259 g/mol. The van der Waals surface area contributed by atoms with Crippen LogP contribution in [-0.4, -0.2) is 44.8 Å². The van der Waals surface area contributed by atoms with Gasteiger partial charge in [-0.05, 0) is 6.92 Å². The molecular weight excluding hydrogens is 245 g/mol. The second kappa shape index (κ2) is 4.63. The van der Waals surface area contributed by atoms with Crippen molar-refractivity contribution in [2.75, 3.05) is 12.3 Å². The molecule has 100 valence electrons. The van der Waals surface area contributed by atoms with Gasteiger partial charge >= 0.3 is 5.69 Å². The number of aromatic nitrogens is 2. The zero-order valence-corrected chi connectivity index (χ0v) is 9.65. The summed E-state index contributed by atoms with van der Waals surface area (Å²) in [6.07, 6.45) is -4.35. The molecule has 7 nitrogen and oxygen atoms in total. The highest BCUT2D eigenvalue weighted by atomic mass is 19.1. The maximum Gasteiger partial charge on any atom is 0.351 e. The highest BCUT2D eigenvalue weighted by Gasteiger charge is 2.45. The Labute approximate surface area is 102 Å². The third-order valence-corrected chi connectivity index (χ3v) is 2.92. The Morgan fingerprint density at radius 1 is 1.67 bits per heavy atom. The quantitative estimate of drug-likeness (QED) is 0.610. The van der Waals surface area contributed by atoms with Crippen molar-refractivity contribution in [1.82, 2.24) is 9.55 Å². The summed E-state index contributed by atoms with van der Waals surface area (Å²) in [4.78, 5) is 15.1. The number of alkyl halides is 1. The number of aliphatic hydroxyl groups is 2. The highest BCUT2D eigenvalue weighted by molar-refractivity contribution is 5.35. The van der Waals surface area contributed by atoms with E-state index in [1.54, 1.807) is 6.92 Å².